The Hall–Kier alpha value is -0.160. The molecule has 0 saturated carbocycles. The SMILES string of the molecule is CC(N)(CN)C(C)(N)CCN. The molecule has 0 aliphatic heterocycles. The van der Waals surface area contributed by atoms with Crippen LogP contribution in [0.1, 0.15) is 20.3 Å². The summed E-state index contributed by atoms with van der Waals surface area (Å²) in [7, 11) is 0. The van der Waals surface area contributed by atoms with Crippen molar-refractivity contribution in [2.45, 2.75) is 31.3 Å². The van der Waals surface area contributed by atoms with Crippen molar-refractivity contribution in [3.8, 4) is 0 Å². The maximum absolute atomic E-state index is 5.93. The molecule has 0 radical (unpaired) electrons. The Morgan fingerprint density at radius 2 is 1.45 bits per heavy atom. The fourth-order valence-corrected chi connectivity index (χ4v) is 0.819. The second-order valence-corrected chi connectivity index (χ2v) is 3.58. The Labute approximate surface area is 68.3 Å². The van der Waals surface area contributed by atoms with Gasteiger partial charge in [-0.25, -0.2) is 0 Å². The van der Waals surface area contributed by atoms with Gasteiger partial charge in [0.15, 0.2) is 0 Å². The maximum atomic E-state index is 5.93. The van der Waals surface area contributed by atoms with E-state index in [-0.39, 0.29) is 0 Å². The van der Waals surface area contributed by atoms with Crippen LogP contribution in [0.25, 0.3) is 0 Å². The average Bonchev–Trinajstić information content (AvgIpc) is 1.87. The van der Waals surface area contributed by atoms with Gasteiger partial charge in [0.2, 0.25) is 0 Å². The highest BCUT2D eigenvalue weighted by atomic mass is 14.9. The van der Waals surface area contributed by atoms with E-state index in [1.54, 1.807) is 0 Å². The van der Waals surface area contributed by atoms with Gasteiger partial charge in [-0.3, -0.25) is 0 Å². The lowest BCUT2D eigenvalue weighted by Crippen LogP contribution is -2.66. The van der Waals surface area contributed by atoms with Crippen LogP contribution >= 0.6 is 0 Å². The summed E-state index contributed by atoms with van der Waals surface area (Å²) in [5.74, 6) is 0. The van der Waals surface area contributed by atoms with Crippen molar-refractivity contribution in [2.24, 2.45) is 22.9 Å². The van der Waals surface area contributed by atoms with E-state index in [9.17, 15) is 0 Å². The van der Waals surface area contributed by atoms with Crippen LogP contribution in [0.3, 0.4) is 0 Å². The van der Waals surface area contributed by atoms with Gasteiger partial charge >= 0.3 is 0 Å². The van der Waals surface area contributed by atoms with E-state index in [0.29, 0.717) is 19.5 Å². The molecule has 68 valence electrons. The predicted molar refractivity (Wildman–Crippen MR) is 47.9 cm³/mol. The van der Waals surface area contributed by atoms with Crippen molar-refractivity contribution >= 4 is 0 Å². The van der Waals surface area contributed by atoms with Crippen LogP contribution in [-0.2, 0) is 0 Å². The standard InChI is InChI=1S/C7H20N4/c1-6(10,3-4-8)7(2,11)5-9/h3-5,8-11H2,1-2H3. The summed E-state index contributed by atoms with van der Waals surface area (Å²) in [6, 6.07) is 0. The van der Waals surface area contributed by atoms with Crippen LogP contribution in [0, 0.1) is 0 Å². The minimum absolute atomic E-state index is 0.375. The first-order valence-corrected chi connectivity index (χ1v) is 3.85. The van der Waals surface area contributed by atoms with E-state index in [1.807, 2.05) is 13.8 Å². The van der Waals surface area contributed by atoms with Crippen molar-refractivity contribution in [1.29, 1.82) is 0 Å². The molecular formula is C7H20N4. The van der Waals surface area contributed by atoms with Crippen molar-refractivity contribution in [1.82, 2.24) is 0 Å². The minimum atomic E-state index is -0.535. The molecule has 4 nitrogen and oxygen atoms in total. The molecule has 0 fully saturated rings. The molecule has 0 aromatic carbocycles. The first-order valence-electron chi connectivity index (χ1n) is 3.85. The summed E-state index contributed by atoms with van der Waals surface area (Å²) < 4.78 is 0. The summed E-state index contributed by atoms with van der Waals surface area (Å²) in [5, 5.41) is 0. The summed E-state index contributed by atoms with van der Waals surface area (Å²) in [6.07, 6.45) is 0.692. The van der Waals surface area contributed by atoms with E-state index in [4.69, 9.17) is 22.9 Å². The van der Waals surface area contributed by atoms with Gasteiger partial charge in [0.05, 0.1) is 0 Å². The van der Waals surface area contributed by atoms with Gasteiger partial charge < -0.3 is 22.9 Å². The normalized spacial score (nSPS) is 22.4. The first-order chi connectivity index (χ1) is 4.87. The van der Waals surface area contributed by atoms with Crippen molar-refractivity contribution in [2.75, 3.05) is 13.1 Å². The Bertz CT molecular complexity index is 120. The number of hydrogen-bond acceptors (Lipinski definition) is 4. The second kappa shape index (κ2) is 3.49. The zero-order chi connectivity index (χ0) is 9.12. The Balaban J connectivity index is 4.26. The molecule has 2 atom stereocenters. The highest BCUT2D eigenvalue weighted by Crippen LogP contribution is 2.18. The van der Waals surface area contributed by atoms with E-state index in [0.717, 1.165) is 0 Å². The van der Waals surface area contributed by atoms with Gasteiger partial charge in [-0.15, -0.1) is 0 Å². The van der Waals surface area contributed by atoms with Crippen molar-refractivity contribution < 1.29 is 0 Å². The van der Waals surface area contributed by atoms with Crippen LogP contribution < -0.4 is 22.9 Å². The maximum Gasteiger partial charge on any atom is 0.0430 e. The van der Waals surface area contributed by atoms with Gasteiger partial charge in [-0.05, 0) is 26.8 Å². The molecule has 0 rings (SSSR count). The van der Waals surface area contributed by atoms with Crippen LogP contribution in [0.15, 0.2) is 0 Å². The van der Waals surface area contributed by atoms with E-state index in [1.165, 1.54) is 0 Å². The highest BCUT2D eigenvalue weighted by molar-refractivity contribution is 5.02. The Kier molecular flexibility index (Phi) is 3.44. The molecule has 0 bridgehead atoms. The molecular weight excluding hydrogens is 140 g/mol. The van der Waals surface area contributed by atoms with Gasteiger partial charge in [-0.2, -0.15) is 0 Å². The topological polar surface area (TPSA) is 104 Å². The summed E-state index contributed by atoms with van der Waals surface area (Å²) in [6.45, 7) is 4.65. The lowest BCUT2D eigenvalue weighted by Gasteiger charge is -2.40. The third kappa shape index (κ3) is 2.41. The monoisotopic (exact) mass is 160 g/mol. The molecule has 0 heterocycles. The third-order valence-corrected chi connectivity index (χ3v) is 2.39. The average molecular weight is 160 g/mol. The molecule has 0 spiro atoms. The Morgan fingerprint density at radius 3 is 1.73 bits per heavy atom. The summed E-state index contributed by atoms with van der Waals surface area (Å²) >= 11 is 0. The third-order valence-electron chi connectivity index (χ3n) is 2.39. The molecule has 8 N–H and O–H groups in total. The predicted octanol–water partition coefficient (Wildman–Crippen LogP) is -1.27. The van der Waals surface area contributed by atoms with Gasteiger partial charge in [0, 0.05) is 17.6 Å². The molecule has 0 aliphatic rings. The Morgan fingerprint density at radius 1 is 1.00 bits per heavy atom. The van der Waals surface area contributed by atoms with Gasteiger partial charge in [-0.1, -0.05) is 0 Å². The molecule has 0 aromatic heterocycles. The van der Waals surface area contributed by atoms with Crippen LogP contribution in [-0.4, -0.2) is 24.2 Å². The molecule has 0 saturated heterocycles. The zero-order valence-electron chi connectivity index (χ0n) is 7.43. The van der Waals surface area contributed by atoms with Crippen LogP contribution in [0.4, 0.5) is 0 Å². The zero-order valence-corrected chi connectivity index (χ0v) is 7.43. The number of nitrogens with two attached hydrogens (primary N) is 4. The molecule has 11 heavy (non-hydrogen) atoms. The molecule has 0 aliphatic carbocycles. The highest BCUT2D eigenvalue weighted by Gasteiger charge is 2.36. The second-order valence-electron chi connectivity index (χ2n) is 3.58. The molecule has 0 amide bonds. The fourth-order valence-electron chi connectivity index (χ4n) is 0.819. The quantitative estimate of drug-likeness (QED) is 0.411. The van der Waals surface area contributed by atoms with Gasteiger partial charge in [0.1, 0.15) is 0 Å². The van der Waals surface area contributed by atoms with Gasteiger partial charge in [0.25, 0.3) is 0 Å². The summed E-state index contributed by atoms with van der Waals surface area (Å²) in [4.78, 5) is 0. The van der Waals surface area contributed by atoms with E-state index < -0.39 is 11.1 Å². The van der Waals surface area contributed by atoms with Crippen molar-refractivity contribution in [3.63, 3.8) is 0 Å². The largest absolute Gasteiger partial charge is 0.330 e. The first kappa shape index (κ1) is 10.8. The lowest BCUT2D eigenvalue weighted by molar-refractivity contribution is 0.254. The lowest BCUT2D eigenvalue weighted by atomic mass is 9.78. The van der Waals surface area contributed by atoms with Crippen LogP contribution in [0.2, 0.25) is 0 Å². The molecule has 4 heteroatoms. The van der Waals surface area contributed by atoms with E-state index in [2.05, 4.69) is 0 Å². The number of rotatable bonds is 4. The number of hydrogen-bond donors (Lipinski definition) is 4. The fraction of sp³-hybridized carbons (Fsp3) is 1.00. The molecule has 0 aromatic rings. The minimum Gasteiger partial charge on any atom is -0.330 e. The van der Waals surface area contributed by atoms with Crippen molar-refractivity contribution in [3.05, 3.63) is 0 Å². The smallest absolute Gasteiger partial charge is 0.0430 e. The summed E-state index contributed by atoms with van der Waals surface area (Å²) in [5.41, 5.74) is 21.7. The van der Waals surface area contributed by atoms with Crippen LogP contribution in [0.5, 0.6) is 0 Å². The van der Waals surface area contributed by atoms with E-state index >= 15 is 0 Å². The molecule has 2 unspecified atom stereocenters.